The van der Waals surface area contributed by atoms with Gasteiger partial charge in [-0.3, -0.25) is 10.2 Å². The third-order valence-corrected chi connectivity index (χ3v) is 2.87. The van der Waals surface area contributed by atoms with E-state index >= 15 is 0 Å². The molecule has 0 saturated heterocycles. The van der Waals surface area contributed by atoms with E-state index in [0.717, 1.165) is 30.1 Å². The third kappa shape index (κ3) is 5.17. The van der Waals surface area contributed by atoms with Crippen LogP contribution in [-0.2, 0) is 11.3 Å². The van der Waals surface area contributed by atoms with Crippen LogP contribution in [0.15, 0.2) is 24.3 Å². The van der Waals surface area contributed by atoms with E-state index in [2.05, 4.69) is 10.3 Å². The molecule has 0 atom stereocenters. The monoisotopic (exact) mass is 255 g/mol. The minimum Gasteiger partial charge on any atom is -0.302 e. The molecule has 4 nitrogen and oxygen atoms in total. The summed E-state index contributed by atoms with van der Waals surface area (Å²) in [4.78, 5) is 13.1. The van der Waals surface area contributed by atoms with Gasteiger partial charge in [0.05, 0.1) is 0 Å². The topological polar surface area (TPSA) is 58.4 Å². The molecule has 0 aliphatic carbocycles. The average Bonchev–Trinajstić information content (AvgIpc) is 2.32. The molecule has 0 aliphatic heterocycles. The second kappa shape index (κ2) is 7.27. The zero-order valence-corrected chi connectivity index (χ0v) is 10.7. The van der Waals surface area contributed by atoms with Crippen LogP contribution < -0.4 is 11.3 Å². The van der Waals surface area contributed by atoms with E-state index in [1.54, 1.807) is 0 Å². The van der Waals surface area contributed by atoms with Gasteiger partial charge in [0.2, 0.25) is 5.91 Å². The smallest absolute Gasteiger partial charge is 0.233 e. The lowest BCUT2D eigenvalue weighted by atomic mass is 10.2. The lowest BCUT2D eigenvalue weighted by Crippen LogP contribution is -2.30. The number of hydrogen-bond donors (Lipinski definition) is 2. The van der Waals surface area contributed by atoms with Crippen molar-refractivity contribution in [2.24, 2.45) is 5.84 Å². The number of hydrogen-bond acceptors (Lipinski definition) is 3. The van der Waals surface area contributed by atoms with Gasteiger partial charge in [0.25, 0.3) is 0 Å². The van der Waals surface area contributed by atoms with Gasteiger partial charge >= 0.3 is 0 Å². The molecule has 0 bridgehead atoms. The minimum absolute atomic E-state index is 0.129. The van der Waals surface area contributed by atoms with Crippen LogP contribution in [0.3, 0.4) is 0 Å². The fourth-order valence-electron chi connectivity index (χ4n) is 1.58. The van der Waals surface area contributed by atoms with Crippen molar-refractivity contribution in [2.75, 3.05) is 13.6 Å². The van der Waals surface area contributed by atoms with E-state index in [1.807, 2.05) is 31.3 Å². The molecule has 0 heterocycles. The minimum atomic E-state index is -0.129. The molecule has 1 aromatic rings. The van der Waals surface area contributed by atoms with Crippen LogP contribution in [0.25, 0.3) is 0 Å². The molecule has 5 heteroatoms. The Balaban J connectivity index is 2.32. The van der Waals surface area contributed by atoms with E-state index in [1.165, 1.54) is 0 Å². The summed E-state index contributed by atoms with van der Waals surface area (Å²) in [7, 11) is 2.00. The van der Waals surface area contributed by atoms with Gasteiger partial charge in [-0.15, -0.1) is 0 Å². The van der Waals surface area contributed by atoms with Crippen LogP contribution in [0.5, 0.6) is 0 Å². The molecule has 0 radical (unpaired) electrons. The average molecular weight is 256 g/mol. The molecule has 94 valence electrons. The Labute approximate surface area is 107 Å². The van der Waals surface area contributed by atoms with Crippen LogP contribution in [0, 0.1) is 0 Å². The quantitative estimate of drug-likeness (QED) is 0.461. The van der Waals surface area contributed by atoms with Crippen molar-refractivity contribution in [1.82, 2.24) is 10.3 Å². The lowest BCUT2D eigenvalue weighted by molar-refractivity contribution is -0.121. The molecule has 1 amide bonds. The fraction of sp³-hybridized carbons (Fsp3) is 0.417. The molecule has 3 N–H and O–H groups in total. The van der Waals surface area contributed by atoms with E-state index < -0.39 is 0 Å². The molecular formula is C12H18ClN3O. The van der Waals surface area contributed by atoms with Crippen molar-refractivity contribution in [3.05, 3.63) is 34.9 Å². The summed E-state index contributed by atoms with van der Waals surface area (Å²) in [6.45, 7) is 1.61. The third-order valence-electron chi connectivity index (χ3n) is 2.50. The second-order valence-corrected chi connectivity index (χ2v) is 4.41. The standard InChI is InChI=1S/C12H18ClN3O/c1-16(8-4-7-12(17)15-14)9-10-5-2-3-6-11(10)13/h2-3,5-6H,4,7-9,14H2,1H3,(H,15,17). The SMILES string of the molecule is CN(CCCC(=O)NN)Cc1ccccc1Cl. The Hall–Kier alpha value is -1.10. The molecule has 0 unspecified atom stereocenters. The number of halogens is 1. The fourth-order valence-corrected chi connectivity index (χ4v) is 1.77. The van der Waals surface area contributed by atoms with Gasteiger partial charge in [-0.05, 0) is 31.6 Å². The normalized spacial score (nSPS) is 10.6. The second-order valence-electron chi connectivity index (χ2n) is 4.00. The molecule has 1 aromatic carbocycles. The maximum absolute atomic E-state index is 10.9. The van der Waals surface area contributed by atoms with Gasteiger partial charge < -0.3 is 4.90 Å². The Morgan fingerprint density at radius 2 is 2.18 bits per heavy atom. The van der Waals surface area contributed by atoms with Gasteiger partial charge in [0.15, 0.2) is 0 Å². The van der Waals surface area contributed by atoms with Crippen molar-refractivity contribution in [1.29, 1.82) is 0 Å². The first-order chi connectivity index (χ1) is 8.13. The molecule has 0 aliphatic rings. The molecule has 17 heavy (non-hydrogen) atoms. The van der Waals surface area contributed by atoms with E-state index in [9.17, 15) is 4.79 Å². The van der Waals surface area contributed by atoms with E-state index in [0.29, 0.717) is 6.42 Å². The number of nitrogens with zero attached hydrogens (tertiary/aromatic N) is 1. The number of amides is 1. The number of carbonyl (C=O) groups is 1. The molecule has 1 rings (SSSR count). The maximum Gasteiger partial charge on any atom is 0.233 e. The molecule has 0 aromatic heterocycles. The first-order valence-corrected chi connectivity index (χ1v) is 5.92. The predicted octanol–water partition coefficient (Wildman–Crippen LogP) is 1.54. The van der Waals surface area contributed by atoms with E-state index in [4.69, 9.17) is 17.4 Å². The molecule has 0 spiro atoms. The van der Waals surface area contributed by atoms with Crippen LogP contribution >= 0.6 is 11.6 Å². The largest absolute Gasteiger partial charge is 0.302 e. The number of benzene rings is 1. The zero-order chi connectivity index (χ0) is 12.7. The van der Waals surface area contributed by atoms with Gasteiger partial charge in [0.1, 0.15) is 0 Å². The number of hydrazine groups is 1. The van der Waals surface area contributed by atoms with Crippen LogP contribution in [-0.4, -0.2) is 24.4 Å². The summed E-state index contributed by atoms with van der Waals surface area (Å²) in [5, 5.41) is 0.777. The van der Waals surface area contributed by atoms with Gasteiger partial charge in [-0.25, -0.2) is 5.84 Å². The molecule has 0 saturated carbocycles. The van der Waals surface area contributed by atoms with Crippen LogP contribution in [0.1, 0.15) is 18.4 Å². The van der Waals surface area contributed by atoms with Gasteiger partial charge in [-0.2, -0.15) is 0 Å². The Kier molecular flexibility index (Phi) is 5.97. The van der Waals surface area contributed by atoms with E-state index in [-0.39, 0.29) is 5.91 Å². The van der Waals surface area contributed by atoms with Gasteiger partial charge in [0, 0.05) is 18.0 Å². The lowest BCUT2D eigenvalue weighted by Gasteiger charge is -2.17. The highest BCUT2D eigenvalue weighted by Crippen LogP contribution is 2.16. The first-order valence-electron chi connectivity index (χ1n) is 5.55. The van der Waals surface area contributed by atoms with Crippen molar-refractivity contribution in [3.8, 4) is 0 Å². The predicted molar refractivity (Wildman–Crippen MR) is 69.4 cm³/mol. The van der Waals surface area contributed by atoms with Crippen molar-refractivity contribution < 1.29 is 4.79 Å². The highest BCUT2D eigenvalue weighted by atomic mass is 35.5. The number of nitrogens with two attached hydrogens (primary N) is 1. The Morgan fingerprint density at radius 1 is 1.47 bits per heavy atom. The van der Waals surface area contributed by atoms with Crippen molar-refractivity contribution in [3.63, 3.8) is 0 Å². The summed E-state index contributed by atoms with van der Waals surface area (Å²) in [6, 6.07) is 7.77. The van der Waals surface area contributed by atoms with Crippen molar-refractivity contribution >= 4 is 17.5 Å². The summed E-state index contributed by atoms with van der Waals surface area (Å²) in [6.07, 6.45) is 1.23. The molecule has 0 fully saturated rings. The Morgan fingerprint density at radius 3 is 2.82 bits per heavy atom. The maximum atomic E-state index is 10.9. The number of carbonyl (C=O) groups excluding carboxylic acids is 1. The summed E-state index contributed by atoms with van der Waals surface area (Å²) in [5.74, 6) is 4.87. The summed E-state index contributed by atoms with van der Waals surface area (Å²) >= 11 is 6.07. The summed E-state index contributed by atoms with van der Waals surface area (Å²) in [5.41, 5.74) is 3.22. The highest BCUT2D eigenvalue weighted by molar-refractivity contribution is 6.31. The number of nitrogens with one attached hydrogen (secondary N) is 1. The number of rotatable bonds is 6. The summed E-state index contributed by atoms with van der Waals surface area (Å²) < 4.78 is 0. The van der Waals surface area contributed by atoms with Crippen LogP contribution in [0.2, 0.25) is 5.02 Å². The zero-order valence-electron chi connectivity index (χ0n) is 9.95. The van der Waals surface area contributed by atoms with Gasteiger partial charge in [-0.1, -0.05) is 29.8 Å². The highest BCUT2D eigenvalue weighted by Gasteiger charge is 2.05. The Bertz CT molecular complexity index is 371. The molecular weight excluding hydrogens is 238 g/mol. The van der Waals surface area contributed by atoms with Crippen LogP contribution in [0.4, 0.5) is 0 Å². The first kappa shape index (κ1) is 14.0. The van der Waals surface area contributed by atoms with Crippen molar-refractivity contribution in [2.45, 2.75) is 19.4 Å².